The zero-order valence-corrected chi connectivity index (χ0v) is 10.1. The van der Waals surface area contributed by atoms with Gasteiger partial charge in [0.15, 0.2) is 0 Å². The molecule has 92 valence electrons. The van der Waals surface area contributed by atoms with Gasteiger partial charge in [-0.25, -0.2) is 0 Å². The Kier molecular flexibility index (Phi) is 3.18. The van der Waals surface area contributed by atoms with Crippen molar-refractivity contribution in [1.82, 2.24) is 0 Å². The lowest BCUT2D eigenvalue weighted by Crippen LogP contribution is -2.26. The molecule has 1 aromatic rings. The number of nitrogens with one attached hydrogen (secondary N) is 1. The van der Waals surface area contributed by atoms with Gasteiger partial charge in [-0.05, 0) is 24.5 Å². The Morgan fingerprint density at radius 1 is 1.24 bits per heavy atom. The average Bonchev–Trinajstić information content (AvgIpc) is 2.40. The molecule has 0 radical (unpaired) electrons. The number of aryl methyl sites for hydroxylation is 1. The van der Waals surface area contributed by atoms with Crippen LogP contribution in [0.2, 0.25) is 0 Å². The Morgan fingerprint density at radius 3 is 3.00 bits per heavy atom. The topological polar surface area (TPSA) is 30.5 Å². The van der Waals surface area contributed by atoms with Crippen LogP contribution < -0.4 is 10.1 Å². The van der Waals surface area contributed by atoms with Gasteiger partial charge < -0.3 is 14.8 Å². The van der Waals surface area contributed by atoms with Crippen molar-refractivity contribution in [2.45, 2.75) is 31.8 Å². The highest BCUT2D eigenvalue weighted by molar-refractivity contribution is 5.63. The molecule has 3 heteroatoms. The van der Waals surface area contributed by atoms with Gasteiger partial charge in [0.1, 0.15) is 11.9 Å². The summed E-state index contributed by atoms with van der Waals surface area (Å²) < 4.78 is 11.5. The molecule has 2 aliphatic rings. The number of fused-ring (bicyclic) bond motifs is 1. The molecule has 0 atom stereocenters. The van der Waals surface area contributed by atoms with Gasteiger partial charge in [0.05, 0.1) is 18.9 Å². The SMILES string of the molecule is c1cc2c(c(OC3CCOCC3)c1)NCCC2. The molecule has 1 N–H and O–H groups in total. The van der Waals surface area contributed by atoms with E-state index in [2.05, 4.69) is 23.5 Å². The molecular weight excluding hydrogens is 214 g/mol. The molecule has 0 amide bonds. The van der Waals surface area contributed by atoms with Crippen LogP contribution in [-0.2, 0) is 11.2 Å². The molecule has 1 fully saturated rings. The van der Waals surface area contributed by atoms with Crippen LogP contribution >= 0.6 is 0 Å². The van der Waals surface area contributed by atoms with Gasteiger partial charge in [0.25, 0.3) is 0 Å². The monoisotopic (exact) mass is 233 g/mol. The highest BCUT2D eigenvalue weighted by Crippen LogP contribution is 2.33. The Morgan fingerprint density at radius 2 is 2.12 bits per heavy atom. The number of rotatable bonds is 2. The maximum atomic E-state index is 6.11. The minimum atomic E-state index is 0.318. The second kappa shape index (κ2) is 4.96. The molecule has 3 rings (SSSR count). The van der Waals surface area contributed by atoms with Gasteiger partial charge in [-0.1, -0.05) is 12.1 Å². The standard InChI is InChI=1S/C14H19NO2/c1-3-11-4-2-8-15-14(11)13(5-1)17-12-6-9-16-10-7-12/h1,3,5,12,15H,2,4,6-10H2. The number of anilines is 1. The molecule has 0 bridgehead atoms. The third-order valence-corrected chi connectivity index (χ3v) is 3.50. The highest BCUT2D eigenvalue weighted by Gasteiger charge is 2.19. The number of ether oxygens (including phenoxy) is 2. The van der Waals surface area contributed by atoms with Gasteiger partial charge >= 0.3 is 0 Å². The normalized spacial score (nSPS) is 20.5. The number of hydrogen-bond donors (Lipinski definition) is 1. The molecule has 2 heterocycles. The zero-order valence-electron chi connectivity index (χ0n) is 10.1. The van der Waals surface area contributed by atoms with Crippen LogP contribution in [0, 0.1) is 0 Å². The number of benzene rings is 1. The summed E-state index contributed by atoms with van der Waals surface area (Å²) in [5, 5.41) is 3.46. The van der Waals surface area contributed by atoms with E-state index in [9.17, 15) is 0 Å². The summed E-state index contributed by atoms with van der Waals surface area (Å²) in [7, 11) is 0. The van der Waals surface area contributed by atoms with E-state index < -0.39 is 0 Å². The van der Waals surface area contributed by atoms with E-state index in [0.717, 1.165) is 44.8 Å². The molecule has 0 spiro atoms. The van der Waals surface area contributed by atoms with Crippen molar-refractivity contribution in [3.8, 4) is 5.75 Å². The van der Waals surface area contributed by atoms with Crippen molar-refractivity contribution >= 4 is 5.69 Å². The number of para-hydroxylation sites is 1. The first-order valence-corrected chi connectivity index (χ1v) is 6.53. The lowest BCUT2D eigenvalue weighted by atomic mass is 10.0. The van der Waals surface area contributed by atoms with E-state index in [1.54, 1.807) is 0 Å². The first-order chi connectivity index (χ1) is 8.43. The minimum Gasteiger partial charge on any atom is -0.488 e. The lowest BCUT2D eigenvalue weighted by Gasteiger charge is -2.27. The summed E-state index contributed by atoms with van der Waals surface area (Å²) in [5.41, 5.74) is 2.60. The third kappa shape index (κ3) is 2.39. The van der Waals surface area contributed by atoms with Gasteiger partial charge in [-0.2, -0.15) is 0 Å². The summed E-state index contributed by atoms with van der Waals surface area (Å²) in [6.45, 7) is 2.71. The largest absolute Gasteiger partial charge is 0.488 e. The maximum absolute atomic E-state index is 6.11. The van der Waals surface area contributed by atoms with Crippen LogP contribution in [0.4, 0.5) is 5.69 Å². The molecule has 1 aromatic carbocycles. The van der Waals surface area contributed by atoms with Crippen molar-refractivity contribution < 1.29 is 9.47 Å². The highest BCUT2D eigenvalue weighted by atomic mass is 16.5. The van der Waals surface area contributed by atoms with Gasteiger partial charge in [-0.15, -0.1) is 0 Å². The summed E-state index contributed by atoms with van der Waals surface area (Å²) in [5.74, 6) is 1.02. The molecule has 2 aliphatic heterocycles. The van der Waals surface area contributed by atoms with Crippen LogP contribution in [-0.4, -0.2) is 25.9 Å². The zero-order chi connectivity index (χ0) is 11.5. The average molecular weight is 233 g/mol. The van der Waals surface area contributed by atoms with Crippen molar-refractivity contribution in [1.29, 1.82) is 0 Å². The minimum absolute atomic E-state index is 0.318. The molecular formula is C14H19NO2. The molecule has 0 saturated carbocycles. The second-order valence-corrected chi connectivity index (χ2v) is 4.75. The van der Waals surface area contributed by atoms with E-state index in [-0.39, 0.29) is 0 Å². The van der Waals surface area contributed by atoms with Gasteiger partial charge in [-0.3, -0.25) is 0 Å². The van der Waals surface area contributed by atoms with Crippen molar-refractivity contribution in [2.75, 3.05) is 25.1 Å². The third-order valence-electron chi connectivity index (χ3n) is 3.50. The fourth-order valence-corrected chi connectivity index (χ4v) is 2.55. The Bertz CT molecular complexity index is 386. The van der Waals surface area contributed by atoms with Crippen LogP contribution in [0.3, 0.4) is 0 Å². The van der Waals surface area contributed by atoms with Crippen LogP contribution in [0.5, 0.6) is 5.75 Å². The van der Waals surface area contributed by atoms with Crippen molar-refractivity contribution in [3.63, 3.8) is 0 Å². The first kappa shape index (κ1) is 10.9. The summed E-state index contributed by atoms with van der Waals surface area (Å²) in [6, 6.07) is 6.37. The summed E-state index contributed by atoms with van der Waals surface area (Å²) >= 11 is 0. The first-order valence-electron chi connectivity index (χ1n) is 6.53. The fourth-order valence-electron chi connectivity index (χ4n) is 2.55. The molecule has 1 saturated heterocycles. The Hall–Kier alpha value is -1.22. The molecule has 0 unspecified atom stereocenters. The van der Waals surface area contributed by atoms with Gasteiger partial charge in [0, 0.05) is 19.4 Å². The van der Waals surface area contributed by atoms with E-state index >= 15 is 0 Å². The van der Waals surface area contributed by atoms with E-state index in [4.69, 9.17) is 9.47 Å². The number of hydrogen-bond acceptors (Lipinski definition) is 3. The maximum Gasteiger partial charge on any atom is 0.143 e. The quantitative estimate of drug-likeness (QED) is 0.851. The van der Waals surface area contributed by atoms with Crippen LogP contribution in [0.15, 0.2) is 18.2 Å². The smallest absolute Gasteiger partial charge is 0.143 e. The van der Waals surface area contributed by atoms with E-state index in [0.29, 0.717) is 6.10 Å². The second-order valence-electron chi connectivity index (χ2n) is 4.75. The van der Waals surface area contributed by atoms with Gasteiger partial charge in [0.2, 0.25) is 0 Å². The summed E-state index contributed by atoms with van der Waals surface area (Å²) in [4.78, 5) is 0. The fraction of sp³-hybridized carbons (Fsp3) is 0.571. The Balaban J connectivity index is 1.77. The van der Waals surface area contributed by atoms with Crippen molar-refractivity contribution in [3.05, 3.63) is 23.8 Å². The van der Waals surface area contributed by atoms with E-state index in [1.165, 1.54) is 17.7 Å². The Labute approximate surface area is 102 Å². The van der Waals surface area contributed by atoms with Crippen LogP contribution in [0.25, 0.3) is 0 Å². The van der Waals surface area contributed by atoms with E-state index in [1.807, 2.05) is 0 Å². The molecule has 0 aliphatic carbocycles. The predicted molar refractivity (Wildman–Crippen MR) is 67.7 cm³/mol. The summed E-state index contributed by atoms with van der Waals surface area (Å²) in [6.07, 6.45) is 4.70. The molecule has 3 nitrogen and oxygen atoms in total. The predicted octanol–water partition coefficient (Wildman–Crippen LogP) is 2.60. The van der Waals surface area contributed by atoms with Crippen LogP contribution in [0.1, 0.15) is 24.8 Å². The molecule has 17 heavy (non-hydrogen) atoms. The lowest BCUT2D eigenvalue weighted by molar-refractivity contribution is 0.0258. The van der Waals surface area contributed by atoms with Crippen molar-refractivity contribution in [2.24, 2.45) is 0 Å². The molecule has 0 aromatic heterocycles.